The zero-order valence-corrected chi connectivity index (χ0v) is 13.0. The molecule has 22 heavy (non-hydrogen) atoms. The summed E-state index contributed by atoms with van der Waals surface area (Å²) in [5.74, 6) is 0.307. The second-order valence-corrected chi connectivity index (χ2v) is 6.49. The van der Waals surface area contributed by atoms with Crippen molar-refractivity contribution in [3.63, 3.8) is 0 Å². The molecule has 1 heterocycles. The first kappa shape index (κ1) is 15.3. The second kappa shape index (κ2) is 6.67. The molecule has 2 fully saturated rings. The van der Waals surface area contributed by atoms with Crippen molar-refractivity contribution in [1.82, 2.24) is 10.9 Å². The molecule has 1 aromatic carbocycles. The number of nitrogens with one attached hydrogen (secondary N) is 3. The molecule has 1 aromatic rings. The highest BCUT2D eigenvalue weighted by molar-refractivity contribution is 6.30. The molecule has 0 aromatic heterocycles. The Labute approximate surface area is 134 Å². The Balaban J connectivity index is 1.60. The van der Waals surface area contributed by atoms with E-state index in [-0.39, 0.29) is 29.7 Å². The molecule has 3 atom stereocenters. The molecule has 0 bridgehead atoms. The van der Waals surface area contributed by atoms with Crippen LogP contribution >= 0.6 is 11.6 Å². The molecule has 2 amide bonds. The van der Waals surface area contributed by atoms with Crippen molar-refractivity contribution in [2.75, 3.05) is 5.32 Å². The number of rotatable bonds is 3. The van der Waals surface area contributed by atoms with E-state index in [1.807, 2.05) is 0 Å². The average Bonchev–Trinajstić information content (AvgIpc) is 2.53. The van der Waals surface area contributed by atoms with Crippen molar-refractivity contribution >= 4 is 29.1 Å². The Morgan fingerprint density at radius 1 is 1.23 bits per heavy atom. The van der Waals surface area contributed by atoms with Crippen LogP contribution in [0.15, 0.2) is 24.3 Å². The highest BCUT2D eigenvalue weighted by Crippen LogP contribution is 2.35. The standard InChI is InChI=1S/C16H20ClN3O2/c17-10-5-7-11(8-6-10)18-15(21)9-14-12-3-1-2-4-13(12)16(22)20-19-14/h5-8,12-14,19H,1-4,9H2,(H,18,21)(H,20,22). The second-order valence-electron chi connectivity index (χ2n) is 6.05. The van der Waals surface area contributed by atoms with Crippen molar-refractivity contribution in [2.45, 2.75) is 38.1 Å². The quantitative estimate of drug-likeness (QED) is 0.801. The van der Waals surface area contributed by atoms with Gasteiger partial charge < -0.3 is 5.32 Å². The Kier molecular flexibility index (Phi) is 4.64. The lowest BCUT2D eigenvalue weighted by atomic mass is 9.73. The molecular formula is C16H20ClN3O2. The number of carbonyl (C=O) groups excluding carboxylic acids is 2. The highest BCUT2D eigenvalue weighted by atomic mass is 35.5. The van der Waals surface area contributed by atoms with Crippen molar-refractivity contribution < 1.29 is 9.59 Å². The summed E-state index contributed by atoms with van der Waals surface area (Å²) < 4.78 is 0. The van der Waals surface area contributed by atoms with Crippen LogP contribution in [-0.2, 0) is 9.59 Å². The van der Waals surface area contributed by atoms with E-state index < -0.39 is 0 Å². The maximum atomic E-state index is 12.2. The third-order valence-electron chi connectivity index (χ3n) is 4.59. The third-order valence-corrected chi connectivity index (χ3v) is 4.84. The summed E-state index contributed by atoms with van der Waals surface area (Å²) in [4.78, 5) is 24.1. The number of hydrogen-bond acceptors (Lipinski definition) is 3. The Bertz CT molecular complexity index is 561. The normalized spacial score (nSPS) is 27.7. The molecule has 1 aliphatic carbocycles. The molecule has 5 nitrogen and oxygen atoms in total. The fourth-order valence-electron chi connectivity index (χ4n) is 3.48. The van der Waals surface area contributed by atoms with E-state index in [1.165, 1.54) is 0 Å². The van der Waals surface area contributed by atoms with Gasteiger partial charge in [-0.25, -0.2) is 5.43 Å². The number of hydrogen-bond donors (Lipinski definition) is 3. The number of amides is 2. The molecule has 1 saturated heterocycles. The monoisotopic (exact) mass is 321 g/mol. The molecule has 3 unspecified atom stereocenters. The van der Waals surface area contributed by atoms with Gasteiger partial charge in [0.05, 0.1) is 0 Å². The van der Waals surface area contributed by atoms with Crippen molar-refractivity contribution in [3.05, 3.63) is 29.3 Å². The topological polar surface area (TPSA) is 70.2 Å². The van der Waals surface area contributed by atoms with Gasteiger partial charge in [-0.05, 0) is 43.0 Å². The van der Waals surface area contributed by atoms with Crippen LogP contribution in [0.3, 0.4) is 0 Å². The molecule has 1 aliphatic heterocycles. The van der Waals surface area contributed by atoms with Gasteiger partial charge in [-0.3, -0.25) is 15.0 Å². The van der Waals surface area contributed by atoms with Crippen molar-refractivity contribution in [1.29, 1.82) is 0 Å². The lowest BCUT2D eigenvalue weighted by molar-refractivity contribution is -0.134. The van der Waals surface area contributed by atoms with Gasteiger partial charge in [0, 0.05) is 29.1 Å². The number of benzene rings is 1. The first-order valence-electron chi connectivity index (χ1n) is 7.74. The van der Waals surface area contributed by atoms with Gasteiger partial charge in [-0.2, -0.15) is 0 Å². The van der Waals surface area contributed by atoms with Gasteiger partial charge in [0.25, 0.3) is 0 Å². The summed E-state index contributed by atoms with van der Waals surface area (Å²) in [6.07, 6.45) is 4.51. The van der Waals surface area contributed by atoms with Gasteiger partial charge in [-0.15, -0.1) is 0 Å². The number of hydrazine groups is 1. The third kappa shape index (κ3) is 3.42. The first-order chi connectivity index (χ1) is 10.6. The van der Waals surface area contributed by atoms with Gasteiger partial charge >= 0.3 is 0 Å². The Morgan fingerprint density at radius 3 is 2.73 bits per heavy atom. The predicted molar refractivity (Wildman–Crippen MR) is 85.2 cm³/mol. The molecule has 3 N–H and O–H groups in total. The summed E-state index contributed by atoms with van der Waals surface area (Å²) in [6.45, 7) is 0. The maximum Gasteiger partial charge on any atom is 0.237 e. The zero-order chi connectivity index (χ0) is 15.5. The minimum Gasteiger partial charge on any atom is -0.326 e. The number of halogens is 1. The van der Waals surface area contributed by atoms with Crippen LogP contribution in [0.4, 0.5) is 5.69 Å². The van der Waals surface area contributed by atoms with Crippen LogP contribution in [0.1, 0.15) is 32.1 Å². The van der Waals surface area contributed by atoms with Gasteiger partial charge in [0.15, 0.2) is 0 Å². The number of carbonyl (C=O) groups is 2. The SMILES string of the molecule is O=C(CC1NNC(=O)C2CCCCC12)Nc1ccc(Cl)cc1. The van der Waals surface area contributed by atoms with Crippen LogP contribution in [0.25, 0.3) is 0 Å². The molecule has 0 radical (unpaired) electrons. The number of anilines is 1. The summed E-state index contributed by atoms with van der Waals surface area (Å²) >= 11 is 5.83. The summed E-state index contributed by atoms with van der Waals surface area (Å²) in [7, 11) is 0. The van der Waals surface area contributed by atoms with E-state index in [1.54, 1.807) is 24.3 Å². The molecule has 0 spiro atoms. The minimum absolute atomic E-state index is 0.00435. The maximum absolute atomic E-state index is 12.2. The molecule has 1 saturated carbocycles. The molecule has 118 valence electrons. The van der Waals surface area contributed by atoms with Gasteiger partial charge in [-0.1, -0.05) is 24.4 Å². The fraction of sp³-hybridized carbons (Fsp3) is 0.500. The zero-order valence-electron chi connectivity index (χ0n) is 12.3. The van der Waals surface area contributed by atoms with E-state index in [0.29, 0.717) is 11.4 Å². The summed E-state index contributed by atoms with van der Waals surface area (Å²) in [6, 6.07) is 7.04. The lowest BCUT2D eigenvalue weighted by Gasteiger charge is -2.40. The average molecular weight is 322 g/mol. The first-order valence-corrected chi connectivity index (χ1v) is 8.12. The minimum atomic E-state index is -0.0553. The van der Waals surface area contributed by atoms with E-state index in [2.05, 4.69) is 16.2 Å². The Hall–Kier alpha value is -1.59. The smallest absolute Gasteiger partial charge is 0.237 e. The van der Waals surface area contributed by atoms with Crippen LogP contribution < -0.4 is 16.2 Å². The van der Waals surface area contributed by atoms with Crippen LogP contribution in [0, 0.1) is 11.8 Å². The van der Waals surface area contributed by atoms with Crippen molar-refractivity contribution in [3.8, 4) is 0 Å². The van der Waals surface area contributed by atoms with E-state index >= 15 is 0 Å². The summed E-state index contributed by atoms with van der Waals surface area (Å²) in [5, 5.41) is 3.51. The van der Waals surface area contributed by atoms with Crippen molar-refractivity contribution in [2.24, 2.45) is 11.8 Å². The van der Waals surface area contributed by atoms with E-state index in [4.69, 9.17) is 11.6 Å². The largest absolute Gasteiger partial charge is 0.326 e. The fourth-order valence-corrected chi connectivity index (χ4v) is 3.60. The molecule has 3 rings (SSSR count). The lowest BCUT2D eigenvalue weighted by Crippen LogP contribution is -2.60. The predicted octanol–water partition coefficient (Wildman–Crippen LogP) is 2.48. The molecular weight excluding hydrogens is 302 g/mol. The highest BCUT2D eigenvalue weighted by Gasteiger charge is 2.40. The van der Waals surface area contributed by atoms with E-state index in [9.17, 15) is 9.59 Å². The van der Waals surface area contributed by atoms with Crippen LogP contribution in [-0.4, -0.2) is 17.9 Å². The molecule has 2 aliphatic rings. The Morgan fingerprint density at radius 2 is 1.95 bits per heavy atom. The van der Waals surface area contributed by atoms with E-state index in [0.717, 1.165) is 31.4 Å². The van der Waals surface area contributed by atoms with Crippen LogP contribution in [0.5, 0.6) is 0 Å². The number of fused-ring (bicyclic) bond motifs is 1. The molecule has 6 heteroatoms. The van der Waals surface area contributed by atoms with Crippen LogP contribution in [0.2, 0.25) is 5.02 Å². The van der Waals surface area contributed by atoms with Gasteiger partial charge in [0.2, 0.25) is 11.8 Å². The summed E-state index contributed by atoms with van der Waals surface area (Å²) in [5.41, 5.74) is 6.46. The van der Waals surface area contributed by atoms with Gasteiger partial charge in [0.1, 0.15) is 0 Å².